The van der Waals surface area contributed by atoms with Crippen LogP contribution in [0.25, 0.3) is 0 Å². The number of rotatable bonds is 3. The van der Waals surface area contributed by atoms with E-state index in [1.807, 2.05) is 13.0 Å². The molecule has 0 N–H and O–H groups in total. The van der Waals surface area contributed by atoms with Crippen molar-refractivity contribution in [3.05, 3.63) is 63.4 Å². The van der Waals surface area contributed by atoms with Gasteiger partial charge in [0.15, 0.2) is 0 Å². The Morgan fingerprint density at radius 1 is 1.06 bits per heavy atom. The zero-order valence-electron chi connectivity index (χ0n) is 9.71. The molecule has 0 saturated carbocycles. The third-order valence-electron chi connectivity index (χ3n) is 2.54. The summed E-state index contributed by atoms with van der Waals surface area (Å²) in [6.07, 6.45) is 0. The van der Waals surface area contributed by atoms with Gasteiger partial charge >= 0.3 is 0 Å². The highest BCUT2D eigenvalue weighted by Crippen LogP contribution is 2.24. The molecule has 0 aliphatic carbocycles. The molecule has 2 aromatic carbocycles. The molecule has 0 fully saturated rings. The van der Waals surface area contributed by atoms with E-state index in [4.69, 9.17) is 27.9 Å². The van der Waals surface area contributed by atoms with Gasteiger partial charge in [0.2, 0.25) is 0 Å². The van der Waals surface area contributed by atoms with E-state index in [0.717, 1.165) is 5.56 Å². The molecule has 94 valence electrons. The largest absolute Gasteiger partial charge is 0.488 e. The Morgan fingerprint density at radius 3 is 2.50 bits per heavy atom. The molecule has 0 aliphatic rings. The Bertz CT molecular complexity index is 518. The molecule has 18 heavy (non-hydrogen) atoms. The van der Waals surface area contributed by atoms with E-state index in [0.29, 0.717) is 21.4 Å². The Labute approximate surface area is 115 Å². The number of hydrogen-bond acceptors (Lipinski definition) is 1. The van der Waals surface area contributed by atoms with Crippen LogP contribution in [0.1, 0.15) is 11.1 Å². The summed E-state index contributed by atoms with van der Waals surface area (Å²) in [5.74, 6) is 0.306. The minimum atomic E-state index is -0.334. The SMILES string of the molecule is Cc1ccc(Cl)cc1OCc1cc(Cl)ccc1F. The van der Waals surface area contributed by atoms with Gasteiger partial charge in [-0.3, -0.25) is 0 Å². The average molecular weight is 285 g/mol. The molecule has 0 bridgehead atoms. The second-order valence-electron chi connectivity index (χ2n) is 3.93. The van der Waals surface area contributed by atoms with E-state index in [-0.39, 0.29) is 12.4 Å². The first-order chi connectivity index (χ1) is 8.56. The zero-order valence-corrected chi connectivity index (χ0v) is 11.2. The number of aryl methyl sites for hydroxylation is 1. The fourth-order valence-electron chi connectivity index (χ4n) is 1.54. The van der Waals surface area contributed by atoms with Crippen molar-refractivity contribution in [1.29, 1.82) is 0 Å². The van der Waals surface area contributed by atoms with Crippen LogP contribution < -0.4 is 4.74 Å². The maximum Gasteiger partial charge on any atom is 0.129 e. The second kappa shape index (κ2) is 5.59. The van der Waals surface area contributed by atoms with Crippen LogP contribution in [0.3, 0.4) is 0 Å². The van der Waals surface area contributed by atoms with Crippen LogP contribution >= 0.6 is 23.2 Å². The summed E-state index contributed by atoms with van der Waals surface area (Å²) in [6, 6.07) is 9.72. The Balaban J connectivity index is 2.16. The highest BCUT2D eigenvalue weighted by atomic mass is 35.5. The number of halogens is 3. The molecular formula is C14H11Cl2FO. The fraction of sp³-hybridized carbons (Fsp3) is 0.143. The van der Waals surface area contributed by atoms with Crippen molar-refractivity contribution in [3.63, 3.8) is 0 Å². The van der Waals surface area contributed by atoms with Crippen LogP contribution in [0.15, 0.2) is 36.4 Å². The highest BCUT2D eigenvalue weighted by Gasteiger charge is 2.06. The lowest BCUT2D eigenvalue weighted by atomic mass is 10.2. The summed E-state index contributed by atoms with van der Waals surface area (Å²) in [4.78, 5) is 0. The molecule has 0 unspecified atom stereocenters. The molecule has 0 spiro atoms. The first-order valence-electron chi connectivity index (χ1n) is 5.39. The summed E-state index contributed by atoms with van der Waals surface area (Å²) in [5.41, 5.74) is 1.36. The highest BCUT2D eigenvalue weighted by molar-refractivity contribution is 6.31. The van der Waals surface area contributed by atoms with Crippen LogP contribution in [0.4, 0.5) is 4.39 Å². The monoisotopic (exact) mass is 284 g/mol. The van der Waals surface area contributed by atoms with Gasteiger partial charge in [0.25, 0.3) is 0 Å². The van der Waals surface area contributed by atoms with Crippen molar-refractivity contribution in [3.8, 4) is 5.75 Å². The normalized spacial score (nSPS) is 10.4. The lowest BCUT2D eigenvalue weighted by Crippen LogP contribution is -1.99. The number of benzene rings is 2. The summed E-state index contributed by atoms with van der Waals surface area (Å²) >= 11 is 11.7. The lowest BCUT2D eigenvalue weighted by Gasteiger charge is -2.10. The van der Waals surface area contributed by atoms with Gasteiger partial charge in [0, 0.05) is 15.6 Å². The van der Waals surface area contributed by atoms with Crippen LogP contribution in [0.2, 0.25) is 10.0 Å². The fourth-order valence-corrected chi connectivity index (χ4v) is 1.90. The van der Waals surface area contributed by atoms with Crippen LogP contribution in [-0.4, -0.2) is 0 Å². The van der Waals surface area contributed by atoms with E-state index >= 15 is 0 Å². The molecule has 0 radical (unpaired) electrons. The average Bonchev–Trinajstić information content (AvgIpc) is 2.34. The van der Waals surface area contributed by atoms with Crippen LogP contribution in [0.5, 0.6) is 5.75 Å². The maximum absolute atomic E-state index is 13.5. The molecule has 0 heterocycles. The van der Waals surface area contributed by atoms with Crippen LogP contribution in [-0.2, 0) is 6.61 Å². The van der Waals surface area contributed by atoms with Gasteiger partial charge in [0.1, 0.15) is 18.2 Å². The number of hydrogen-bond donors (Lipinski definition) is 0. The first-order valence-corrected chi connectivity index (χ1v) is 6.15. The Kier molecular flexibility index (Phi) is 4.10. The van der Waals surface area contributed by atoms with Crippen molar-refractivity contribution in [1.82, 2.24) is 0 Å². The molecule has 0 atom stereocenters. The van der Waals surface area contributed by atoms with Crippen molar-refractivity contribution in [2.24, 2.45) is 0 Å². The van der Waals surface area contributed by atoms with Gasteiger partial charge in [-0.1, -0.05) is 29.3 Å². The van der Waals surface area contributed by atoms with Gasteiger partial charge in [-0.15, -0.1) is 0 Å². The smallest absolute Gasteiger partial charge is 0.129 e. The summed E-state index contributed by atoms with van der Waals surface area (Å²) in [7, 11) is 0. The maximum atomic E-state index is 13.5. The van der Waals surface area contributed by atoms with Gasteiger partial charge in [-0.2, -0.15) is 0 Å². The molecule has 4 heteroatoms. The minimum absolute atomic E-state index is 0.119. The van der Waals surface area contributed by atoms with E-state index in [2.05, 4.69) is 0 Å². The van der Waals surface area contributed by atoms with Gasteiger partial charge < -0.3 is 4.74 Å². The molecule has 0 saturated heterocycles. The Morgan fingerprint density at radius 2 is 1.72 bits per heavy atom. The second-order valence-corrected chi connectivity index (χ2v) is 4.81. The van der Waals surface area contributed by atoms with E-state index in [9.17, 15) is 4.39 Å². The van der Waals surface area contributed by atoms with Gasteiger partial charge in [-0.25, -0.2) is 4.39 Å². The lowest BCUT2D eigenvalue weighted by molar-refractivity contribution is 0.298. The first kappa shape index (κ1) is 13.2. The topological polar surface area (TPSA) is 9.23 Å². The van der Waals surface area contributed by atoms with Gasteiger partial charge in [0.05, 0.1) is 0 Å². The molecular weight excluding hydrogens is 274 g/mol. The third-order valence-corrected chi connectivity index (χ3v) is 3.01. The zero-order chi connectivity index (χ0) is 13.1. The van der Waals surface area contributed by atoms with E-state index in [1.165, 1.54) is 12.1 Å². The van der Waals surface area contributed by atoms with Crippen molar-refractivity contribution < 1.29 is 9.13 Å². The molecule has 2 rings (SSSR count). The Hall–Kier alpha value is -1.25. The quantitative estimate of drug-likeness (QED) is 0.769. The van der Waals surface area contributed by atoms with Crippen molar-refractivity contribution in [2.75, 3.05) is 0 Å². The van der Waals surface area contributed by atoms with Crippen LogP contribution in [0, 0.1) is 12.7 Å². The molecule has 2 aromatic rings. The molecule has 0 aliphatic heterocycles. The molecule has 0 aromatic heterocycles. The number of ether oxygens (including phenoxy) is 1. The summed E-state index contributed by atoms with van der Waals surface area (Å²) < 4.78 is 19.0. The third kappa shape index (κ3) is 3.15. The standard InChI is InChI=1S/C14H11Cl2FO/c1-9-2-3-12(16)7-14(9)18-8-10-6-11(15)4-5-13(10)17/h2-7H,8H2,1H3. The summed E-state index contributed by atoms with van der Waals surface area (Å²) in [5, 5.41) is 1.07. The predicted molar refractivity (Wildman–Crippen MR) is 71.9 cm³/mol. The molecule has 1 nitrogen and oxygen atoms in total. The van der Waals surface area contributed by atoms with Gasteiger partial charge in [-0.05, 0) is 42.8 Å². The van der Waals surface area contributed by atoms with E-state index in [1.54, 1.807) is 18.2 Å². The predicted octanol–water partition coefficient (Wildman–Crippen LogP) is 5.02. The van der Waals surface area contributed by atoms with Crippen molar-refractivity contribution in [2.45, 2.75) is 13.5 Å². The minimum Gasteiger partial charge on any atom is -0.488 e. The van der Waals surface area contributed by atoms with E-state index < -0.39 is 0 Å². The molecule has 0 amide bonds. The summed E-state index contributed by atoms with van der Waals surface area (Å²) in [6.45, 7) is 2.02. The van der Waals surface area contributed by atoms with Crippen molar-refractivity contribution >= 4 is 23.2 Å².